The van der Waals surface area contributed by atoms with Crippen LogP contribution >= 0.6 is 35.2 Å². The number of fused-ring (bicyclic) bond motifs is 1. The summed E-state index contributed by atoms with van der Waals surface area (Å²) in [6.45, 7) is 1.66. The molecular formula is C15H18ClN3O2S2. The van der Waals surface area contributed by atoms with Gasteiger partial charge in [-0.3, -0.25) is 0 Å². The van der Waals surface area contributed by atoms with Crippen molar-refractivity contribution in [2.24, 2.45) is 0 Å². The molecule has 0 atom stereocenters. The van der Waals surface area contributed by atoms with Crippen LogP contribution in [-0.2, 0) is 4.74 Å². The van der Waals surface area contributed by atoms with Gasteiger partial charge >= 0.3 is 5.97 Å². The molecule has 0 bridgehead atoms. The summed E-state index contributed by atoms with van der Waals surface area (Å²) in [6.07, 6.45) is 0. The SMILES string of the molecule is COC(=O)c1sc2cc(NC(=S)NCCN(C)C)ccc2c1Cl. The number of ether oxygens (including phenoxy) is 1. The van der Waals surface area contributed by atoms with Gasteiger partial charge < -0.3 is 20.3 Å². The summed E-state index contributed by atoms with van der Waals surface area (Å²) in [5.41, 5.74) is 0.842. The molecule has 0 saturated heterocycles. The van der Waals surface area contributed by atoms with Gasteiger partial charge in [0.05, 0.1) is 12.1 Å². The molecule has 1 aromatic carbocycles. The van der Waals surface area contributed by atoms with E-state index in [1.807, 2.05) is 32.3 Å². The number of methoxy groups -OCH3 is 1. The number of nitrogens with one attached hydrogen (secondary N) is 2. The van der Waals surface area contributed by atoms with Crippen molar-refractivity contribution < 1.29 is 9.53 Å². The first kappa shape index (κ1) is 17.9. The van der Waals surface area contributed by atoms with Crippen LogP contribution in [0.4, 0.5) is 5.69 Å². The van der Waals surface area contributed by atoms with E-state index in [0.29, 0.717) is 15.0 Å². The highest BCUT2D eigenvalue weighted by Crippen LogP contribution is 2.37. The van der Waals surface area contributed by atoms with E-state index in [2.05, 4.69) is 15.5 Å². The minimum atomic E-state index is -0.424. The molecule has 1 aromatic heterocycles. The Hall–Kier alpha value is -1.41. The molecule has 2 aromatic rings. The van der Waals surface area contributed by atoms with Crippen molar-refractivity contribution in [1.29, 1.82) is 0 Å². The number of halogens is 1. The minimum absolute atomic E-state index is 0.410. The molecule has 0 aliphatic rings. The maximum absolute atomic E-state index is 11.7. The predicted molar refractivity (Wildman–Crippen MR) is 101 cm³/mol. The van der Waals surface area contributed by atoms with Gasteiger partial charge in [0.15, 0.2) is 5.11 Å². The lowest BCUT2D eigenvalue weighted by Gasteiger charge is -2.13. The molecule has 124 valence electrons. The van der Waals surface area contributed by atoms with Gasteiger partial charge in [0.2, 0.25) is 0 Å². The quantitative estimate of drug-likeness (QED) is 0.622. The van der Waals surface area contributed by atoms with Gasteiger partial charge in [0, 0.05) is 28.9 Å². The van der Waals surface area contributed by atoms with Crippen LogP contribution in [0, 0.1) is 0 Å². The molecule has 0 radical (unpaired) electrons. The maximum atomic E-state index is 11.7. The molecule has 8 heteroatoms. The highest BCUT2D eigenvalue weighted by Gasteiger charge is 2.17. The highest BCUT2D eigenvalue weighted by atomic mass is 35.5. The van der Waals surface area contributed by atoms with Gasteiger partial charge in [-0.05, 0) is 44.5 Å². The monoisotopic (exact) mass is 371 g/mol. The standard InChI is InChI=1S/C15H18ClN3O2S2/c1-19(2)7-6-17-15(22)18-9-4-5-10-11(8-9)23-13(12(10)16)14(20)21-3/h4-5,8H,6-7H2,1-3H3,(H2,17,18,22). The number of hydrogen-bond donors (Lipinski definition) is 2. The summed E-state index contributed by atoms with van der Waals surface area (Å²) in [7, 11) is 5.35. The van der Waals surface area contributed by atoms with Crippen LogP contribution in [0.15, 0.2) is 18.2 Å². The van der Waals surface area contributed by atoms with Crippen LogP contribution in [0.1, 0.15) is 9.67 Å². The zero-order valence-electron chi connectivity index (χ0n) is 13.1. The largest absolute Gasteiger partial charge is 0.465 e. The first-order valence-corrected chi connectivity index (χ1v) is 8.52. The van der Waals surface area contributed by atoms with Crippen molar-refractivity contribution in [2.75, 3.05) is 39.6 Å². The molecule has 5 nitrogen and oxygen atoms in total. The number of carbonyl (C=O) groups is 1. The van der Waals surface area contributed by atoms with E-state index < -0.39 is 5.97 Å². The van der Waals surface area contributed by atoms with Crippen molar-refractivity contribution in [3.63, 3.8) is 0 Å². The molecule has 0 aliphatic heterocycles. The lowest BCUT2D eigenvalue weighted by molar-refractivity contribution is 0.0606. The molecule has 0 spiro atoms. The molecule has 0 unspecified atom stereocenters. The van der Waals surface area contributed by atoms with Crippen LogP contribution in [0.2, 0.25) is 5.02 Å². The second-order valence-corrected chi connectivity index (χ2v) is 6.97. The zero-order chi connectivity index (χ0) is 17.0. The molecule has 2 N–H and O–H groups in total. The van der Waals surface area contributed by atoms with E-state index in [4.69, 9.17) is 28.6 Å². The van der Waals surface area contributed by atoms with Gasteiger partial charge in [-0.25, -0.2) is 4.79 Å². The molecule has 2 rings (SSSR count). The Balaban J connectivity index is 2.11. The van der Waals surface area contributed by atoms with E-state index in [0.717, 1.165) is 28.9 Å². The van der Waals surface area contributed by atoms with Crippen LogP contribution in [-0.4, -0.2) is 50.3 Å². The van der Waals surface area contributed by atoms with Crippen molar-refractivity contribution in [3.8, 4) is 0 Å². The summed E-state index contributed by atoms with van der Waals surface area (Å²) in [4.78, 5) is 14.2. The number of thiocarbonyl (C=S) groups is 1. The van der Waals surface area contributed by atoms with Crippen LogP contribution in [0.5, 0.6) is 0 Å². The number of carbonyl (C=O) groups excluding carboxylic acids is 1. The first-order chi connectivity index (χ1) is 10.9. The Morgan fingerprint density at radius 1 is 1.43 bits per heavy atom. The van der Waals surface area contributed by atoms with E-state index in [1.165, 1.54) is 18.4 Å². The average molecular weight is 372 g/mol. The van der Waals surface area contributed by atoms with Gasteiger partial charge in [-0.2, -0.15) is 0 Å². The highest BCUT2D eigenvalue weighted by molar-refractivity contribution is 7.80. The third-order valence-electron chi connectivity index (χ3n) is 3.10. The summed E-state index contributed by atoms with van der Waals surface area (Å²) in [5, 5.41) is 8.08. The Bertz CT molecular complexity index is 731. The zero-order valence-corrected chi connectivity index (χ0v) is 15.5. The summed E-state index contributed by atoms with van der Waals surface area (Å²) in [6, 6.07) is 5.66. The van der Waals surface area contributed by atoms with E-state index in [-0.39, 0.29) is 0 Å². The fourth-order valence-electron chi connectivity index (χ4n) is 1.94. The Labute approximate surface area is 149 Å². The topological polar surface area (TPSA) is 53.6 Å². The van der Waals surface area contributed by atoms with Crippen molar-refractivity contribution >= 4 is 62.0 Å². The van der Waals surface area contributed by atoms with Gasteiger partial charge in [-0.1, -0.05) is 11.6 Å². The van der Waals surface area contributed by atoms with Gasteiger partial charge in [-0.15, -0.1) is 11.3 Å². The Morgan fingerprint density at radius 3 is 2.83 bits per heavy atom. The molecule has 0 fully saturated rings. The number of anilines is 1. The van der Waals surface area contributed by atoms with Crippen LogP contribution < -0.4 is 10.6 Å². The molecular weight excluding hydrogens is 354 g/mol. The smallest absolute Gasteiger partial charge is 0.349 e. The van der Waals surface area contributed by atoms with Crippen molar-refractivity contribution in [1.82, 2.24) is 10.2 Å². The minimum Gasteiger partial charge on any atom is -0.465 e. The Kier molecular flexibility index (Phi) is 6.17. The molecule has 0 saturated carbocycles. The third-order valence-corrected chi connectivity index (χ3v) is 4.99. The second kappa shape index (κ2) is 7.92. The number of rotatable bonds is 5. The fraction of sp³-hybridized carbons (Fsp3) is 0.333. The molecule has 1 heterocycles. The summed E-state index contributed by atoms with van der Waals surface area (Å²) < 4.78 is 5.64. The van der Waals surface area contributed by atoms with E-state index in [9.17, 15) is 4.79 Å². The van der Waals surface area contributed by atoms with Crippen molar-refractivity contribution in [2.45, 2.75) is 0 Å². The molecule has 0 aliphatic carbocycles. The van der Waals surface area contributed by atoms with Gasteiger partial charge in [0.25, 0.3) is 0 Å². The summed E-state index contributed by atoms with van der Waals surface area (Å²) in [5.74, 6) is -0.424. The fourth-order valence-corrected chi connectivity index (χ4v) is 3.62. The lowest BCUT2D eigenvalue weighted by Crippen LogP contribution is -2.34. The third kappa shape index (κ3) is 4.54. The normalized spacial score (nSPS) is 10.8. The number of thiophene rings is 1. The van der Waals surface area contributed by atoms with E-state index in [1.54, 1.807) is 0 Å². The van der Waals surface area contributed by atoms with E-state index >= 15 is 0 Å². The first-order valence-electron chi connectivity index (χ1n) is 6.92. The van der Waals surface area contributed by atoms with Crippen molar-refractivity contribution in [3.05, 3.63) is 28.1 Å². The number of esters is 1. The maximum Gasteiger partial charge on any atom is 0.349 e. The Morgan fingerprint density at radius 2 is 2.17 bits per heavy atom. The summed E-state index contributed by atoms with van der Waals surface area (Å²) >= 11 is 12.8. The van der Waals surface area contributed by atoms with Crippen LogP contribution in [0.3, 0.4) is 0 Å². The number of likely N-dealkylation sites (N-methyl/N-ethyl adjacent to an activating group) is 1. The predicted octanol–water partition coefficient (Wildman–Crippen LogP) is 3.19. The van der Waals surface area contributed by atoms with Crippen LogP contribution in [0.25, 0.3) is 10.1 Å². The second-order valence-electron chi connectivity index (χ2n) is 5.13. The number of hydrogen-bond acceptors (Lipinski definition) is 5. The average Bonchev–Trinajstić information content (AvgIpc) is 2.82. The number of benzene rings is 1. The van der Waals surface area contributed by atoms with Gasteiger partial charge in [0.1, 0.15) is 4.88 Å². The number of nitrogens with zero attached hydrogens (tertiary/aromatic N) is 1. The molecule has 0 amide bonds. The lowest BCUT2D eigenvalue weighted by atomic mass is 10.2. The molecule has 23 heavy (non-hydrogen) atoms.